The smallest absolute Gasteiger partial charge is 0.303 e. The van der Waals surface area contributed by atoms with Gasteiger partial charge < -0.3 is 5.11 Å². The Morgan fingerprint density at radius 2 is 1.64 bits per heavy atom. The van der Waals surface area contributed by atoms with Crippen molar-refractivity contribution in [2.24, 2.45) is 0 Å². The average molecular weight is 198 g/mol. The zero-order valence-electron chi connectivity index (χ0n) is 9.17. The molecule has 0 aromatic rings. The van der Waals surface area contributed by atoms with Gasteiger partial charge in [0.1, 0.15) is 0 Å². The average Bonchev–Trinajstić information content (AvgIpc) is 2.15. The Labute approximate surface area is 87.0 Å². The van der Waals surface area contributed by atoms with Gasteiger partial charge in [-0.05, 0) is 26.2 Å². The van der Waals surface area contributed by atoms with E-state index in [9.17, 15) is 4.79 Å². The van der Waals surface area contributed by atoms with Gasteiger partial charge in [0.25, 0.3) is 0 Å². The molecular formula is C12H22O2. The highest BCUT2D eigenvalue weighted by molar-refractivity contribution is 5.66. The van der Waals surface area contributed by atoms with Crippen LogP contribution in [-0.2, 0) is 4.79 Å². The van der Waals surface area contributed by atoms with E-state index in [-0.39, 0.29) is 0 Å². The number of unbranched alkanes of at least 4 members (excludes halogenated alkanes) is 6. The van der Waals surface area contributed by atoms with Gasteiger partial charge in [-0.1, -0.05) is 37.8 Å². The molecule has 0 aromatic heterocycles. The zero-order valence-corrected chi connectivity index (χ0v) is 9.17. The van der Waals surface area contributed by atoms with Gasteiger partial charge in [0, 0.05) is 6.42 Å². The lowest BCUT2D eigenvalue weighted by Gasteiger charge is -1.98. The van der Waals surface area contributed by atoms with Crippen LogP contribution in [0.25, 0.3) is 0 Å². The van der Waals surface area contributed by atoms with Crippen LogP contribution >= 0.6 is 0 Å². The zero-order chi connectivity index (χ0) is 10.6. The van der Waals surface area contributed by atoms with E-state index in [1.807, 2.05) is 6.92 Å². The van der Waals surface area contributed by atoms with E-state index < -0.39 is 5.97 Å². The normalized spacial score (nSPS) is 10.9. The maximum Gasteiger partial charge on any atom is 0.303 e. The minimum Gasteiger partial charge on any atom is -0.481 e. The molecule has 0 bridgehead atoms. The van der Waals surface area contributed by atoms with Crippen LogP contribution in [0.15, 0.2) is 12.2 Å². The molecule has 1 N–H and O–H groups in total. The fraction of sp³-hybridized carbons (Fsp3) is 0.750. The predicted octanol–water partition coefficient (Wildman–Crippen LogP) is 3.77. The SMILES string of the molecule is C/C=C\CCCCCCCCC(=O)O. The fourth-order valence-electron chi connectivity index (χ4n) is 1.41. The highest BCUT2D eigenvalue weighted by atomic mass is 16.4. The van der Waals surface area contributed by atoms with Gasteiger partial charge in [0.05, 0.1) is 0 Å². The van der Waals surface area contributed by atoms with Crippen molar-refractivity contribution in [3.63, 3.8) is 0 Å². The second-order valence-corrected chi connectivity index (χ2v) is 3.62. The Hall–Kier alpha value is -0.790. The molecule has 2 heteroatoms. The second-order valence-electron chi connectivity index (χ2n) is 3.62. The highest BCUT2D eigenvalue weighted by Crippen LogP contribution is 2.08. The Morgan fingerprint density at radius 1 is 1.07 bits per heavy atom. The van der Waals surface area contributed by atoms with Crippen LogP contribution in [-0.4, -0.2) is 11.1 Å². The molecule has 0 amide bonds. The topological polar surface area (TPSA) is 37.3 Å². The van der Waals surface area contributed by atoms with Gasteiger partial charge in [0.2, 0.25) is 0 Å². The third kappa shape index (κ3) is 11.2. The molecule has 0 saturated heterocycles. The van der Waals surface area contributed by atoms with Crippen LogP contribution < -0.4 is 0 Å². The van der Waals surface area contributed by atoms with E-state index in [0.717, 1.165) is 12.8 Å². The minimum atomic E-state index is -0.668. The monoisotopic (exact) mass is 198 g/mol. The van der Waals surface area contributed by atoms with Gasteiger partial charge >= 0.3 is 5.97 Å². The van der Waals surface area contributed by atoms with Crippen LogP contribution in [0.1, 0.15) is 58.3 Å². The number of carboxylic acids is 1. The van der Waals surface area contributed by atoms with E-state index in [1.54, 1.807) is 0 Å². The number of hydrogen-bond acceptors (Lipinski definition) is 1. The van der Waals surface area contributed by atoms with Crippen molar-refractivity contribution in [2.75, 3.05) is 0 Å². The molecule has 0 unspecified atom stereocenters. The van der Waals surface area contributed by atoms with Crippen molar-refractivity contribution < 1.29 is 9.90 Å². The molecule has 0 aliphatic heterocycles. The summed E-state index contributed by atoms with van der Waals surface area (Å²) in [6.07, 6.45) is 12.7. The molecule has 0 aliphatic carbocycles. The molecule has 0 saturated carbocycles. The van der Waals surface area contributed by atoms with Gasteiger partial charge in [-0.2, -0.15) is 0 Å². The highest BCUT2D eigenvalue weighted by Gasteiger charge is 1.95. The summed E-state index contributed by atoms with van der Waals surface area (Å²) in [7, 11) is 0. The summed E-state index contributed by atoms with van der Waals surface area (Å²) < 4.78 is 0. The summed E-state index contributed by atoms with van der Waals surface area (Å²) in [6.45, 7) is 2.05. The second kappa shape index (κ2) is 10.3. The number of allylic oxidation sites excluding steroid dienone is 2. The first-order chi connectivity index (χ1) is 6.77. The molecule has 82 valence electrons. The first-order valence-corrected chi connectivity index (χ1v) is 5.60. The van der Waals surface area contributed by atoms with Gasteiger partial charge in [-0.15, -0.1) is 0 Å². The van der Waals surface area contributed by atoms with Crippen molar-refractivity contribution in [3.8, 4) is 0 Å². The number of carbonyl (C=O) groups is 1. The quantitative estimate of drug-likeness (QED) is 0.452. The van der Waals surface area contributed by atoms with E-state index in [4.69, 9.17) is 5.11 Å². The van der Waals surface area contributed by atoms with Crippen LogP contribution in [0.2, 0.25) is 0 Å². The first kappa shape index (κ1) is 13.2. The Balaban J connectivity index is 2.95. The molecule has 0 radical (unpaired) electrons. The fourth-order valence-corrected chi connectivity index (χ4v) is 1.41. The van der Waals surface area contributed by atoms with Crippen molar-refractivity contribution in [3.05, 3.63) is 12.2 Å². The Bertz CT molecular complexity index is 162. The Morgan fingerprint density at radius 3 is 2.21 bits per heavy atom. The molecule has 0 heterocycles. The lowest BCUT2D eigenvalue weighted by molar-refractivity contribution is -0.137. The van der Waals surface area contributed by atoms with Crippen molar-refractivity contribution in [1.82, 2.24) is 0 Å². The van der Waals surface area contributed by atoms with Crippen LogP contribution in [0.4, 0.5) is 0 Å². The Kier molecular flexibility index (Phi) is 9.71. The summed E-state index contributed by atoms with van der Waals surface area (Å²) in [5, 5.41) is 8.41. The first-order valence-electron chi connectivity index (χ1n) is 5.60. The molecule has 14 heavy (non-hydrogen) atoms. The summed E-state index contributed by atoms with van der Waals surface area (Å²) in [5.41, 5.74) is 0. The third-order valence-corrected chi connectivity index (χ3v) is 2.25. The molecule has 0 atom stereocenters. The molecule has 0 aromatic carbocycles. The lowest BCUT2D eigenvalue weighted by atomic mass is 10.1. The van der Waals surface area contributed by atoms with Crippen molar-refractivity contribution in [1.29, 1.82) is 0 Å². The lowest BCUT2D eigenvalue weighted by Crippen LogP contribution is -1.93. The van der Waals surface area contributed by atoms with E-state index >= 15 is 0 Å². The van der Waals surface area contributed by atoms with E-state index in [0.29, 0.717) is 6.42 Å². The molecule has 0 spiro atoms. The van der Waals surface area contributed by atoms with Crippen LogP contribution in [0, 0.1) is 0 Å². The number of aliphatic carboxylic acids is 1. The van der Waals surface area contributed by atoms with Crippen molar-refractivity contribution in [2.45, 2.75) is 58.3 Å². The van der Waals surface area contributed by atoms with Gasteiger partial charge in [-0.25, -0.2) is 0 Å². The molecule has 0 aliphatic rings. The number of rotatable bonds is 9. The summed E-state index contributed by atoms with van der Waals surface area (Å²) >= 11 is 0. The predicted molar refractivity (Wildman–Crippen MR) is 59.4 cm³/mol. The number of carboxylic acid groups (broad SMARTS) is 1. The minimum absolute atomic E-state index is 0.332. The maximum absolute atomic E-state index is 10.2. The molecule has 2 nitrogen and oxygen atoms in total. The molecule has 0 fully saturated rings. The summed E-state index contributed by atoms with van der Waals surface area (Å²) in [5.74, 6) is -0.668. The maximum atomic E-state index is 10.2. The number of hydrogen-bond donors (Lipinski definition) is 1. The standard InChI is InChI=1S/C12H22O2/c1-2-3-4-5-6-7-8-9-10-11-12(13)14/h2-3H,4-11H2,1H3,(H,13,14)/b3-2-. The molecular weight excluding hydrogens is 176 g/mol. The van der Waals surface area contributed by atoms with E-state index in [2.05, 4.69) is 12.2 Å². The van der Waals surface area contributed by atoms with Gasteiger partial charge in [-0.3, -0.25) is 4.79 Å². The van der Waals surface area contributed by atoms with Crippen LogP contribution in [0.5, 0.6) is 0 Å². The van der Waals surface area contributed by atoms with Gasteiger partial charge in [0.15, 0.2) is 0 Å². The molecule has 0 rings (SSSR count). The van der Waals surface area contributed by atoms with Crippen molar-refractivity contribution >= 4 is 5.97 Å². The summed E-state index contributed by atoms with van der Waals surface area (Å²) in [4.78, 5) is 10.2. The largest absolute Gasteiger partial charge is 0.481 e. The van der Waals surface area contributed by atoms with Crippen LogP contribution in [0.3, 0.4) is 0 Å². The van der Waals surface area contributed by atoms with E-state index in [1.165, 1.54) is 32.1 Å². The third-order valence-electron chi connectivity index (χ3n) is 2.25. The summed E-state index contributed by atoms with van der Waals surface area (Å²) in [6, 6.07) is 0.